The molecular weight excluding hydrogens is 368 g/mol. The number of nitrogens with zero attached hydrogens (tertiary/aromatic N) is 2. The molecule has 6 nitrogen and oxygen atoms in total. The van der Waals surface area contributed by atoms with Crippen molar-refractivity contribution in [3.63, 3.8) is 0 Å². The summed E-state index contributed by atoms with van der Waals surface area (Å²) in [5.74, 6) is 2.20. The minimum absolute atomic E-state index is 0.0797. The molecule has 6 heteroatoms. The Labute approximate surface area is 173 Å². The van der Waals surface area contributed by atoms with Gasteiger partial charge in [0.2, 0.25) is 5.91 Å². The lowest BCUT2D eigenvalue weighted by atomic mass is 9.72. The number of piperidine rings is 2. The number of furan rings is 1. The van der Waals surface area contributed by atoms with E-state index in [1.807, 2.05) is 22.8 Å². The number of hydrogen-bond acceptors (Lipinski definition) is 4. The second kappa shape index (κ2) is 8.13. The maximum absolute atomic E-state index is 13.1. The Morgan fingerprint density at radius 1 is 1.28 bits per heavy atom. The van der Waals surface area contributed by atoms with Crippen LogP contribution >= 0.6 is 0 Å². The summed E-state index contributed by atoms with van der Waals surface area (Å²) in [7, 11) is 0. The fraction of sp³-hybridized carbons (Fsp3) is 0.739. The summed E-state index contributed by atoms with van der Waals surface area (Å²) in [5, 5.41) is 0. The second-order valence-electron chi connectivity index (χ2n) is 9.47. The lowest BCUT2D eigenvalue weighted by molar-refractivity contribution is -0.141. The van der Waals surface area contributed by atoms with E-state index in [-0.39, 0.29) is 29.3 Å². The summed E-state index contributed by atoms with van der Waals surface area (Å²) in [5.41, 5.74) is 0.848. The third-order valence-electron chi connectivity index (χ3n) is 7.04. The number of ether oxygens (including phenoxy) is 1. The van der Waals surface area contributed by atoms with Crippen LogP contribution in [0.5, 0.6) is 0 Å². The van der Waals surface area contributed by atoms with Crippen molar-refractivity contribution < 1.29 is 18.7 Å². The standard InChI is InChI=1S/C23H34N2O4/c1-16(2)20-13-19(17(3)29-20)22(27)24-10-8-23(9-11-24)7-6-21(26)25(15-23)14-18-5-4-12-28-18/h13,16,18H,4-12,14-15H2,1-3H3/t18-/m1/s1. The lowest BCUT2D eigenvalue weighted by Gasteiger charge is -2.47. The summed E-state index contributed by atoms with van der Waals surface area (Å²) < 4.78 is 11.5. The second-order valence-corrected chi connectivity index (χ2v) is 9.47. The quantitative estimate of drug-likeness (QED) is 0.770. The van der Waals surface area contributed by atoms with Gasteiger partial charge in [0.25, 0.3) is 5.91 Å². The highest BCUT2D eigenvalue weighted by molar-refractivity contribution is 5.95. The van der Waals surface area contributed by atoms with Gasteiger partial charge in [-0.05, 0) is 50.5 Å². The molecule has 29 heavy (non-hydrogen) atoms. The highest BCUT2D eigenvalue weighted by Crippen LogP contribution is 2.41. The zero-order valence-electron chi connectivity index (χ0n) is 18.0. The van der Waals surface area contributed by atoms with Gasteiger partial charge >= 0.3 is 0 Å². The fourth-order valence-electron chi connectivity index (χ4n) is 5.07. The molecule has 0 aliphatic carbocycles. The predicted octanol–water partition coefficient (Wildman–Crippen LogP) is 3.74. The van der Waals surface area contributed by atoms with Gasteiger partial charge in [-0.3, -0.25) is 9.59 Å². The zero-order chi connectivity index (χ0) is 20.6. The van der Waals surface area contributed by atoms with Crippen LogP contribution < -0.4 is 0 Å². The molecule has 3 aliphatic heterocycles. The Morgan fingerprint density at radius 3 is 2.66 bits per heavy atom. The van der Waals surface area contributed by atoms with Crippen molar-refractivity contribution in [1.82, 2.24) is 9.80 Å². The Kier molecular flexibility index (Phi) is 5.74. The highest BCUT2D eigenvalue weighted by Gasteiger charge is 2.42. The minimum Gasteiger partial charge on any atom is -0.465 e. The number of rotatable bonds is 4. The van der Waals surface area contributed by atoms with E-state index >= 15 is 0 Å². The van der Waals surface area contributed by atoms with Gasteiger partial charge in [-0.1, -0.05) is 13.8 Å². The summed E-state index contributed by atoms with van der Waals surface area (Å²) in [6, 6.07) is 1.91. The van der Waals surface area contributed by atoms with E-state index in [0.717, 1.165) is 70.7 Å². The number of hydrogen-bond donors (Lipinski definition) is 0. The van der Waals surface area contributed by atoms with E-state index in [4.69, 9.17) is 9.15 Å². The first-order valence-electron chi connectivity index (χ1n) is 11.2. The average molecular weight is 403 g/mol. The largest absolute Gasteiger partial charge is 0.465 e. The third kappa shape index (κ3) is 4.23. The zero-order valence-corrected chi connectivity index (χ0v) is 18.0. The summed E-state index contributed by atoms with van der Waals surface area (Å²) in [6.07, 6.45) is 5.85. The minimum atomic E-state index is 0.0797. The van der Waals surface area contributed by atoms with Gasteiger partial charge in [0, 0.05) is 45.1 Å². The Balaban J connectivity index is 1.38. The molecule has 3 fully saturated rings. The maximum Gasteiger partial charge on any atom is 0.257 e. The van der Waals surface area contributed by atoms with Gasteiger partial charge in [0.05, 0.1) is 11.7 Å². The summed E-state index contributed by atoms with van der Waals surface area (Å²) in [6.45, 7) is 9.89. The topological polar surface area (TPSA) is 63.0 Å². The molecular formula is C23H34N2O4. The number of amides is 2. The molecule has 0 unspecified atom stereocenters. The van der Waals surface area contributed by atoms with Crippen molar-refractivity contribution in [2.45, 2.75) is 71.3 Å². The Morgan fingerprint density at radius 2 is 2.03 bits per heavy atom. The molecule has 0 bridgehead atoms. The molecule has 3 aliphatic rings. The molecule has 4 rings (SSSR count). The van der Waals surface area contributed by atoms with Crippen LogP contribution in [0.1, 0.15) is 80.2 Å². The van der Waals surface area contributed by atoms with Gasteiger partial charge in [-0.15, -0.1) is 0 Å². The van der Waals surface area contributed by atoms with Crippen molar-refractivity contribution in [2.24, 2.45) is 5.41 Å². The number of likely N-dealkylation sites (tertiary alicyclic amines) is 2. The first-order chi connectivity index (χ1) is 13.9. The molecule has 1 atom stereocenters. The first-order valence-corrected chi connectivity index (χ1v) is 11.2. The van der Waals surface area contributed by atoms with Crippen LogP contribution in [0.25, 0.3) is 0 Å². The van der Waals surface area contributed by atoms with Crippen LogP contribution in [0.2, 0.25) is 0 Å². The van der Waals surface area contributed by atoms with Crippen LogP contribution in [-0.4, -0.2) is 60.5 Å². The molecule has 4 heterocycles. The van der Waals surface area contributed by atoms with Crippen LogP contribution in [0.3, 0.4) is 0 Å². The third-order valence-corrected chi connectivity index (χ3v) is 7.04. The molecule has 160 valence electrons. The van der Waals surface area contributed by atoms with E-state index in [9.17, 15) is 9.59 Å². The lowest BCUT2D eigenvalue weighted by Crippen LogP contribution is -2.53. The van der Waals surface area contributed by atoms with Crippen molar-refractivity contribution in [2.75, 3.05) is 32.8 Å². The first kappa shape index (κ1) is 20.5. The van der Waals surface area contributed by atoms with Crippen LogP contribution in [-0.2, 0) is 9.53 Å². The van der Waals surface area contributed by atoms with E-state index in [0.29, 0.717) is 17.7 Å². The van der Waals surface area contributed by atoms with Crippen LogP contribution in [0, 0.1) is 12.3 Å². The van der Waals surface area contributed by atoms with E-state index < -0.39 is 0 Å². The van der Waals surface area contributed by atoms with E-state index in [1.165, 1.54) is 0 Å². The Bertz CT molecular complexity index is 755. The van der Waals surface area contributed by atoms with Gasteiger partial charge in [0.1, 0.15) is 11.5 Å². The number of carbonyl (C=O) groups excluding carboxylic acids is 2. The molecule has 1 aromatic heterocycles. The molecule has 3 saturated heterocycles. The van der Waals surface area contributed by atoms with Gasteiger partial charge in [0.15, 0.2) is 0 Å². The van der Waals surface area contributed by atoms with Crippen molar-refractivity contribution >= 4 is 11.8 Å². The normalized spacial score (nSPS) is 24.7. The van der Waals surface area contributed by atoms with Gasteiger partial charge < -0.3 is 19.0 Å². The molecule has 0 radical (unpaired) electrons. The molecule has 2 amide bonds. The van der Waals surface area contributed by atoms with Gasteiger partial charge in [-0.25, -0.2) is 0 Å². The van der Waals surface area contributed by atoms with Crippen LogP contribution in [0.15, 0.2) is 10.5 Å². The smallest absolute Gasteiger partial charge is 0.257 e. The van der Waals surface area contributed by atoms with Crippen molar-refractivity contribution in [3.8, 4) is 0 Å². The molecule has 0 N–H and O–H groups in total. The monoisotopic (exact) mass is 402 g/mol. The average Bonchev–Trinajstić information content (AvgIpc) is 3.35. The highest BCUT2D eigenvalue weighted by atomic mass is 16.5. The summed E-state index contributed by atoms with van der Waals surface area (Å²) >= 11 is 0. The maximum atomic E-state index is 13.1. The van der Waals surface area contributed by atoms with Crippen molar-refractivity contribution in [3.05, 3.63) is 23.2 Å². The molecule has 1 spiro atoms. The number of carbonyl (C=O) groups is 2. The fourth-order valence-corrected chi connectivity index (χ4v) is 5.07. The molecule has 1 aromatic rings. The molecule has 0 aromatic carbocycles. The number of aryl methyl sites for hydroxylation is 1. The Hall–Kier alpha value is -1.82. The van der Waals surface area contributed by atoms with Crippen LogP contribution in [0.4, 0.5) is 0 Å². The predicted molar refractivity (Wildman–Crippen MR) is 110 cm³/mol. The molecule has 0 saturated carbocycles. The van der Waals surface area contributed by atoms with E-state index in [1.54, 1.807) is 0 Å². The van der Waals surface area contributed by atoms with Crippen molar-refractivity contribution in [1.29, 1.82) is 0 Å². The van der Waals surface area contributed by atoms with E-state index in [2.05, 4.69) is 13.8 Å². The van der Waals surface area contributed by atoms with Gasteiger partial charge in [-0.2, -0.15) is 0 Å². The SMILES string of the molecule is Cc1oc(C(C)C)cc1C(=O)N1CCC2(CCC(=O)N(C[C@H]3CCCO3)C2)CC1. The summed E-state index contributed by atoms with van der Waals surface area (Å²) in [4.78, 5) is 29.5.